The van der Waals surface area contributed by atoms with Crippen molar-refractivity contribution in [2.75, 3.05) is 13.7 Å². The SMILES string of the molecule is COC(=O)c1ccc(Cn2ccc(C3(c4ccc(F)cc4)CCCCO3)cc2=O)cc1. The van der Waals surface area contributed by atoms with Crippen LogP contribution < -0.4 is 5.56 Å². The highest BCUT2D eigenvalue weighted by Crippen LogP contribution is 2.40. The zero-order valence-electron chi connectivity index (χ0n) is 17.3. The summed E-state index contributed by atoms with van der Waals surface area (Å²) in [5.41, 5.74) is 2.09. The second kappa shape index (κ2) is 8.86. The lowest BCUT2D eigenvalue weighted by molar-refractivity contribution is -0.0535. The normalized spacial score (nSPS) is 18.5. The molecule has 1 unspecified atom stereocenters. The lowest BCUT2D eigenvalue weighted by Crippen LogP contribution is -2.36. The minimum Gasteiger partial charge on any atom is -0.465 e. The summed E-state index contributed by atoms with van der Waals surface area (Å²) >= 11 is 0. The summed E-state index contributed by atoms with van der Waals surface area (Å²) in [5, 5.41) is 0. The molecule has 5 nitrogen and oxygen atoms in total. The van der Waals surface area contributed by atoms with Crippen molar-refractivity contribution in [2.24, 2.45) is 0 Å². The number of hydrogen-bond donors (Lipinski definition) is 0. The Balaban J connectivity index is 1.63. The Kier molecular flexibility index (Phi) is 6.00. The average molecular weight is 421 g/mol. The molecule has 1 atom stereocenters. The Bertz CT molecular complexity index is 1110. The minimum atomic E-state index is -0.744. The van der Waals surface area contributed by atoms with Gasteiger partial charge in [0.1, 0.15) is 11.4 Å². The van der Waals surface area contributed by atoms with Gasteiger partial charge in [0.2, 0.25) is 0 Å². The highest BCUT2D eigenvalue weighted by Gasteiger charge is 2.37. The van der Waals surface area contributed by atoms with E-state index in [9.17, 15) is 14.0 Å². The van der Waals surface area contributed by atoms with Gasteiger partial charge >= 0.3 is 5.97 Å². The topological polar surface area (TPSA) is 57.5 Å². The number of benzene rings is 2. The van der Waals surface area contributed by atoms with Crippen LogP contribution in [0.15, 0.2) is 71.7 Å². The summed E-state index contributed by atoms with van der Waals surface area (Å²) in [7, 11) is 1.34. The molecule has 1 aliphatic rings. The van der Waals surface area contributed by atoms with Crippen molar-refractivity contribution in [3.8, 4) is 0 Å². The molecule has 0 spiro atoms. The van der Waals surface area contributed by atoms with Gasteiger partial charge in [-0.3, -0.25) is 4.79 Å². The molecule has 0 saturated carbocycles. The van der Waals surface area contributed by atoms with Crippen molar-refractivity contribution in [3.63, 3.8) is 0 Å². The fourth-order valence-corrected chi connectivity index (χ4v) is 4.09. The third-order valence-corrected chi connectivity index (χ3v) is 5.77. The Labute approximate surface area is 180 Å². The van der Waals surface area contributed by atoms with E-state index in [1.165, 1.54) is 19.2 Å². The number of halogens is 1. The van der Waals surface area contributed by atoms with Gasteiger partial charge in [-0.1, -0.05) is 24.3 Å². The number of rotatable bonds is 5. The molecule has 1 saturated heterocycles. The highest BCUT2D eigenvalue weighted by atomic mass is 19.1. The van der Waals surface area contributed by atoms with Gasteiger partial charge in [0, 0.05) is 18.9 Å². The predicted molar refractivity (Wildman–Crippen MR) is 115 cm³/mol. The Morgan fingerprint density at radius 3 is 2.42 bits per heavy atom. The van der Waals surface area contributed by atoms with Crippen LogP contribution in [0.5, 0.6) is 0 Å². The van der Waals surface area contributed by atoms with Gasteiger partial charge in [0.15, 0.2) is 0 Å². The van der Waals surface area contributed by atoms with E-state index >= 15 is 0 Å². The number of nitrogens with zero attached hydrogens (tertiary/aromatic N) is 1. The molecule has 1 fully saturated rings. The second-order valence-electron chi connectivity index (χ2n) is 7.71. The number of methoxy groups -OCH3 is 1. The van der Waals surface area contributed by atoms with Gasteiger partial charge in [-0.2, -0.15) is 0 Å². The molecule has 0 aliphatic carbocycles. The van der Waals surface area contributed by atoms with E-state index in [2.05, 4.69) is 0 Å². The summed E-state index contributed by atoms with van der Waals surface area (Å²) in [6, 6.07) is 16.8. The summed E-state index contributed by atoms with van der Waals surface area (Å²) in [6.07, 6.45) is 4.42. The molecule has 6 heteroatoms. The van der Waals surface area contributed by atoms with E-state index < -0.39 is 11.6 Å². The Morgan fingerprint density at radius 2 is 1.81 bits per heavy atom. The second-order valence-corrected chi connectivity index (χ2v) is 7.71. The van der Waals surface area contributed by atoms with Crippen molar-refractivity contribution >= 4 is 5.97 Å². The molecule has 0 bridgehead atoms. The van der Waals surface area contributed by atoms with Crippen molar-refractivity contribution in [1.29, 1.82) is 0 Å². The van der Waals surface area contributed by atoms with Crippen LogP contribution in [0.25, 0.3) is 0 Å². The number of ether oxygens (including phenoxy) is 2. The highest BCUT2D eigenvalue weighted by molar-refractivity contribution is 5.89. The molecule has 0 amide bonds. The molecule has 0 radical (unpaired) electrons. The largest absolute Gasteiger partial charge is 0.465 e. The van der Waals surface area contributed by atoms with Crippen LogP contribution in [-0.4, -0.2) is 24.3 Å². The minimum absolute atomic E-state index is 0.148. The molecule has 3 aromatic rings. The fraction of sp³-hybridized carbons (Fsp3) is 0.280. The third kappa shape index (κ3) is 4.30. The van der Waals surface area contributed by atoms with Gasteiger partial charge in [-0.25, -0.2) is 9.18 Å². The van der Waals surface area contributed by atoms with Crippen molar-refractivity contribution in [3.05, 3.63) is 105 Å². The fourth-order valence-electron chi connectivity index (χ4n) is 4.09. The van der Waals surface area contributed by atoms with Gasteiger partial charge < -0.3 is 14.0 Å². The third-order valence-electron chi connectivity index (χ3n) is 5.77. The lowest BCUT2D eigenvalue weighted by atomic mass is 9.81. The lowest BCUT2D eigenvalue weighted by Gasteiger charge is -2.38. The summed E-state index contributed by atoms with van der Waals surface area (Å²) < 4.78 is 26.0. The molecule has 4 rings (SSSR count). The van der Waals surface area contributed by atoms with Crippen molar-refractivity contribution in [2.45, 2.75) is 31.4 Å². The molecule has 1 aliphatic heterocycles. The summed E-state index contributed by atoms with van der Waals surface area (Å²) in [4.78, 5) is 24.5. The first-order chi connectivity index (χ1) is 15.0. The molecule has 2 aromatic carbocycles. The van der Waals surface area contributed by atoms with Crippen LogP contribution in [0, 0.1) is 5.82 Å². The van der Waals surface area contributed by atoms with E-state index in [-0.39, 0.29) is 11.4 Å². The maximum atomic E-state index is 13.5. The van der Waals surface area contributed by atoms with Gasteiger partial charge in [-0.05, 0) is 66.3 Å². The quantitative estimate of drug-likeness (QED) is 0.578. The zero-order valence-corrected chi connectivity index (χ0v) is 17.3. The predicted octanol–water partition coefficient (Wildman–Crippen LogP) is 4.27. The number of carbonyl (C=O) groups excluding carboxylic acids is 1. The van der Waals surface area contributed by atoms with Crippen LogP contribution in [0.4, 0.5) is 4.39 Å². The van der Waals surface area contributed by atoms with E-state index in [1.807, 2.05) is 6.07 Å². The Morgan fingerprint density at radius 1 is 1.06 bits per heavy atom. The molecular weight excluding hydrogens is 397 g/mol. The first-order valence-corrected chi connectivity index (χ1v) is 10.3. The van der Waals surface area contributed by atoms with E-state index in [0.717, 1.165) is 36.0 Å². The van der Waals surface area contributed by atoms with Crippen LogP contribution in [0.1, 0.15) is 46.3 Å². The van der Waals surface area contributed by atoms with Gasteiger partial charge in [0.05, 0.1) is 19.2 Å². The monoisotopic (exact) mass is 421 g/mol. The average Bonchev–Trinajstić information content (AvgIpc) is 2.81. The number of aromatic nitrogens is 1. The molecule has 1 aromatic heterocycles. The number of esters is 1. The number of hydrogen-bond acceptors (Lipinski definition) is 4. The van der Waals surface area contributed by atoms with Gasteiger partial charge in [-0.15, -0.1) is 0 Å². The number of carbonyl (C=O) groups is 1. The van der Waals surface area contributed by atoms with Crippen LogP contribution in [0.2, 0.25) is 0 Å². The Hall–Kier alpha value is -3.25. The van der Waals surface area contributed by atoms with Crippen LogP contribution in [-0.2, 0) is 21.6 Å². The molecule has 31 heavy (non-hydrogen) atoms. The number of pyridine rings is 1. The van der Waals surface area contributed by atoms with E-state index in [0.29, 0.717) is 18.7 Å². The first kappa shape index (κ1) is 21.0. The molecular formula is C25H24FNO4. The van der Waals surface area contributed by atoms with E-state index in [4.69, 9.17) is 9.47 Å². The molecule has 0 N–H and O–H groups in total. The van der Waals surface area contributed by atoms with Crippen molar-refractivity contribution < 1.29 is 18.7 Å². The summed E-state index contributed by atoms with van der Waals surface area (Å²) in [5.74, 6) is -0.699. The standard InChI is InChI=1S/C25H24FNO4/c1-30-24(29)19-6-4-18(5-7-19)17-27-14-12-21(16-23(27)28)25(13-2-3-15-31-25)20-8-10-22(26)11-9-20/h4-12,14,16H,2-3,13,15,17H2,1H3. The molecule has 160 valence electrons. The summed E-state index contributed by atoms with van der Waals surface area (Å²) in [6.45, 7) is 0.970. The maximum absolute atomic E-state index is 13.5. The van der Waals surface area contributed by atoms with Gasteiger partial charge in [0.25, 0.3) is 5.56 Å². The van der Waals surface area contributed by atoms with Crippen molar-refractivity contribution in [1.82, 2.24) is 4.57 Å². The first-order valence-electron chi connectivity index (χ1n) is 10.3. The van der Waals surface area contributed by atoms with Crippen LogP contribution >= 0.6 is 0 Å². The zero-order chi connectivity index (χ0) is 21.8. The van der Waals surface area contributed by atoms with E-state index in [1.54, 1.807) is 53.2 Å². The maximum Gasteiger partial charge on any atom is 0.337 e. The molecule has 2 heterocycles. The van der Waals surface area contributed by atoms with Crippen LogP contribution in [0.3, 0.4) is 0 Å². The smallest absolute Gasteiger partial charge is 0.337 e.